The molecular formula is C30H6BF20I. The van der Waals surface area contributed by atoms with Crippen molar-refractivity contribution < 1.29 is 110 Å². The highest BCUT2D eigenvalue weighted by molar-refractivity contribution is 7.20. The molecule has 0 amide bonds. The topological polar surface area (TPSA) is 0 Å². The van der Waals surface area contributed by atoms with Gasteiger partial charge in [-0.3, -0.25) is 0 Å². The molecule has 0 aliphatic heterocycles. The minimum atomic E-state index is -7.22. The lowest BCUT2D eigenvalue weighted by Gasteiger charge is -2.44. The largest absolute Gasteiger partial charge is 0.296 e. The van der Waals surface area contributed by atoms with E-state index < -0.39 is 144 Å². The summed E-state index contributed by atoms with van der Waals surface area (Å²) in [5, 5.41) is 0. The van der Waals surface area contributed by atoms with Crippen LogP contribution in [0.3, 0.4) is 0 Å². The zero-order valence-electron chi connectivity index (χ0n) is 23.9. The number of hydrogen-bond acceptors (Lipinski definition) is 0. The van der Waals surface area contributed by atoms with E-state index in [1.54, 1.807) is 0 Å². The average Bonchev–Trinajstić information content (AvgIpc) is 3.12. The molecule has 0 bridgehead atoms. The molecule has 0 unspecified atom stereocenters. The summed E-state index contributed by atoms with van der Waals surface area (Å²) < 4.78 is 295. The van der Waals surface area contributed by atoms with Crippen molar-refractivity contribution >= 4 is 28.0 Å². The highest BCUT2D eigenvalue weighted by Gasteiger charge is 2.52. The van der Waals surface area contributed by atoms with Gasteiger partial charge in [0.2, 0.25) is 0 Å². The second kappa shape index (κ2) is 14.5. The monoisotopic (exact) mass is 884 g/mol. The van der Waals surface area contributed by atoms with E-state index in [1.807, 2.05) is 40.8 Å². The Bertz CT molecular complexity index is 1880. The first kappa shape index (κ1) is 40.3. The Morgan fingerprint density at radius 2 is 0.404 bits per heavy atom. The molecule has 5 rings (SSSR count). The summed E-state index contributed by atoms with van der Waals surface area (Å²) in [4.78, 5) is 0. The summed E-state index contributed by atoms with van der Waals surface area (Å²) in [7, 11) is 0. The van der Waals surface area contributed by atoms with Crippen molar-refractivity contribution in [1.82, 2.24) is 0 Å². The van der Waals surface area contributed by atoms with Crippen LogP contribution in [0.15, 0.2) is 30.3 Å². The first-order chi connectivity index (χ1) is 24.1. The van der Waals surface area contributed by atoms with E-state index in [4.69, 9.17) is 0 Å². The second-order valence-corrected chi connectivity index (χ2v) is 11.5. The molecule has 5 aromatic carbocycles. The molecule has 0 saturated carbocycles. The number of halogens is 21. The van der Waals surface area contributed by atoms with Gasteiger partial charge in [-0.05, 0) is 12.1 Å². The maximum atomic E-state index is 15.4. The van der Waals surface area contributed by atoms with E-state index in [1.165, 1.54) is 3.57 Å². The molecule has 5 aromatic rings. The Labute approximate surface area is 288 Å². The lowest BCUT2D eigenvalue weighted by molar-refractivity contribution is -0.328. The van der Waals surface area contributed by atoms with Crippen molar-refractivity contribution in [3.63, 3.8) is 0 Å². The molecule has 0 fully saturated rings. The molecular weight excluding hydrogens is 878 g/mol. The summed E-state index contributed by atoms with van der Waals surface area (Å²) >= 11 is 2.02. The van der Waals surface area contributed by atoms with E-state index in [-0.39, 0.29) is 0 Å². The molecule has 52 heavy (non-hydrogen) atoms. The van der Waals surface area contributed by atoms with Gasteiger partial charge < -0.3 is 0 Å². The number of benzene rings is 5. The molecule has 0 spiro atoms. The maximum Gasteiger partial charge on any atom is 0.296 e. The van der Waals surface area contributed by atoms with E-state index in [0.717, 1.165) is 0 Å². The fraction of sp³-hybridized carbons (Fsp3) is 0. The molecule has 0 aliphatic carbocycles. The third-order valence-electron chi connectivity index (χ3n) is 7.45. The minimum absolute atomic E-state index is 1.33. The normalized spacial score (nSPS) is 11.6. The van der Waals surface area contributed by atoms with Gasteiger partial charge in [0.1, 0.15) is 52.7 Å². The zero-order chi connectivity index (χ0) is 39.5. The Hall–Kier alpha value is -4.51. The Morgan fingerprint density at radius 1 is 0.250 bits per heavy atom. The predicted octanol–water partition coefficient (Wildman–Crippen LogP) is 3.99. The van der Waals surface area contributed by atoms with Crippen molar-refractivity contribution in [2.24, 2.45) is 0 Å². The van der Waals surface area contributed by atoms with Gasteiger partial charge in [-0.25, -0.2) is 87.8 Å². The van der Waals surface area contributed by atoms with Crippen molar-refractivity contribution in [3.05, 3.63) is 150 Å². The van der Waals surface area contributed by atoms with Crippen molar-refractivity contribution in [2.75, 3.05) is 0 Å². The van der Waals surface area contributed by atoms with Gasteiger partial charge in [0.25, 0.3) is 22.6 Å². The highest BCUT2D eigenvalue weighted by Crippen LogP contribution is 2.30. The van der Waals surface area contributed by atoms with E-state index in [0.29, 0.717) is 0 Å². The van der Waals surface area contributed by atoms with Crippen LogP contribution in [-0.2, 0) is 0 Å². The van der Waals surface area contributed by atoms with Gasteiger partial charge in [0.15, 0.2) is 73.4 Å². The smallest absolute Gasteiger partial charge is 0.207 e. The van der Waals surface area contributed by atoms with Crippen LogP contribution in [0.2, 0.25) is 0 Å². The average molecular weight is 884 g/mol. The van der Waals surface area contributed by atoms with Crippen molar-refractivity contribution in [1.29, 1.82) is 0 Å². The molecule has 0 saturated heterocycles. The summed E-state index contributed by atoms with van der Waals surface area (Å²) in [6, 6.07) is 10.3. The van der Waals surface area contributed by atoms with E-state index in [2.05, 4.69) is 12.1 Å². The van der Waals surface area contributed by atoms with Gasteiger partial charge >= 0.3 is 0 Å². The molecule has 0 N–H and O–H groups in total. The second-order valence-electron chi connectivity index (χ2n) is 10.1. The van der Waals surface area contributed by atoms with E-state index >= 15 is 35.1 Å². The van der Waals surface area contributed by atoms with Crippen LogP contribution in [0.5, 0.6) is 0 Å². The quantitative estimate of drug-likeness (QED) is 0.0844. The van der Waals surface area contributed by atoms with Gasteiger partial charge in [0, 0.05) is 0 Å². The van der Waals surface area contributed by atoms with Crippen molar-refractivity contribution in [3.8, 4) is 0 Å². The standard InChI is InChI=1S/C24BF20.C6H6I/c26-5-1(6(27)14(35)21(42)13(5)34)25(2-7(28)15(36)22(43)16(37)8(2)29,3-9(30)17(38)23(44)18(39)10(3)31)4-11(32)19(40)24(45)20(41)12(4)33;7-6-4-2-1-3-5-6/h;1-5,7H/q-1;+1. The molecule has 0 atom stereocenters. The molecule has 22 heteroatoms. The molecule has 0 nitrogen and oxygen atoms in total. The van der Waals surface area contributed by atoms with E-state index in [9.17, 15) is 52.7 Å². The highest BCUT2D eigenvalue weighted by atomic mass is 127. The summed E-state index contributed by atoms with van der Waals surface area (Å²) in [5.41, 5.74) is -14.3. The Balaban J connectivity index is 0.000000771. The van der Waals surface area contributed by atoms with Gasteiger partial charge in [-0.15, -0.1) is 21.9 Å². The molecule has 0 aromatic heterocycles. The van der Waals surface area contributed by atoms with Crippen molar-refractivity contribution in [2.45, 2.75) is 0 Å². The lowest BCUT2D eigenvalue weighted by atomic mass is 9.12. The van der Waals surface area contributed by atoms with Gasteiger partial charge in [-0.2, -0.15) is 0 Å². The zero-order valence-corrected chi connectivity index (χ0v) is 26.3. The van der Waals surface area contributed by atoms with Crippen LogP contribution < -0.4 is 44.4 Å². The number of hydrogen-bond donors (Lipinski definition) is 0. The van der Waals surface area contributed by atoms with Crippen LogP contribution >= 0.6 is 0 Å². The summed E-state index contributed by atoms with van der Waals surface area (Å²) in [5.74, 6) is -71.4. The third-order valence-corrected chi connectivity index (χ3v) is 8.23. The Morgan fingerprint density at radius 3 is 0.538 bits per heavy atom. The van der Waals surface area contributed by atoms with Gasteiger partial charge in [-0.1, -0.05) is 18.2 Å². The maximum absolute atomic E-state index is 15.4. The minimum Gasteiger partial charge on any atom is -0.207 e. The van der Waals surface area contributed by atoms with Gasteiger partial charge in [0.05, 0.1) is 0 Å². The molecule has 276 valence electrons. The van der Waals surface area contributed by atoms with Crippen LogP contribution in [-0.4, -0.2) is 6.15 Å². The van der Waals surface area contributed by atoms with Crippen LogP contribution in [0, 0.1) is 120 Å². The molecule has 0 radical (unpaired) electrons. The fourth-order valence-electron chi connectivity index (χ4n) is 5.29. The first-order valence-corrected chi connectivity index (χ1v) is 14.2. The van der Waals surface area contributed by atoms with Crippen LogP contribution in [0.1, 0.15) is 0 Å². The molecule has 0 heterocycles. The summed E-state index contributed by atoms with van der Waals surface area (Å²) in [6.07, 6.45) is -7.22. The van der Waals surface area contributed by atoms with Crippen LogP contribution in [0.25, 0.3) is 0 Å². The number of rotatable bonds is 4. The fourth-order valence-corrected chi connectivity index (χ4v) is 5.74. The SMILES string of the molecule is Fc1c(F)c(F)c([B-](c2c(F)c(F)c(F)c(F)c2F)(c2c(F)c(F)c(F)c(F)c2F)c2c(F)c(F)c(F)c(F)c2F)c(F)c1F.[IH+]c1ccccc1. The lowest BCUT2D eigenvalue weighted by Crippen LogP contribution is -3.34. The first-order valence-electron chi connectivity index (χ1n) is 13.0. The Kier molecular flexibility index (Phi) is 11.2. The molecule has 0 aliphatic rings. The summed E-state index contributed by atoms with van der Waals surface area (Å²) in [6.45, 7) is 0. The predicted molar refractivity (Wildman–Crippen MR) is 136 cm³/mol. The van der Waals surface area contributed by atoms with Crippen LogP contribution in [0.4, 0.5) is 87.8 Å². The third kappa shape index (κ3) is 5.91.